The van der Waals surface area contributed by atoms with Gasteiger partial charge in [0, 0.05) is 38.0 Å². The summed E-state index contributed by atoms with van der Waals surface area (Å²) in [5.41, 5.74) is 2.29. The topological polar surface area (TPSA) is 29.1 Å². The summed E-state index contributed by atoms with van der Waals surface area (Å²) in [6, 6.07) is 6.03. The molecule has 4 nitrogen and oxygen atoms in total. The molecule has 0 saturated carbocycles. The minimum Gasteiger partial charge on any atom is -0.341 e. The zero-order valence-corrected chi connectivity index (χ0v) is 14.7. The number of aryl methyl sites for hydroxylation is 1. The van der Waals surface area contributed by atoms with Crippen molar-refractivity contribution in [3.63, 3.8) is 0 Å². The normalized spacial score (nSPS) is 18.1. The molecule has 1 aliphatic rings. The summed E-state index contributed by atoms with van der Waals surface area (Å²) in [5.74, 6) is 0. The highest BCUT2D eigenvalue weighted by Crippen LogP contribution is 2.32. The van der Waals surface area contributed by atoms with E-state index in [0.717, 1.165) is 25.6 Å². The number of aromatic nitrogens is 2. The van der Waals surface area contributed by atoms with E-state index in [2.05, 4.69) is 23.3 Å². The molecule has 6 heteroatoms. The van der Waals surface area contributed by atoms with Crippen LogP contribution in [0.2, 0.25) is 0 Å². The van der Waals surface area contributed by atoms with Gasteiger partial charge in [0.25, 0.3) is 5.56 Å². The standard InChI is InChI=1S/C16H18N3OS2/c1-11-10-21-16(18(11)3)14-15(20)19(4)13(22-14)9-12-7-5-6-8-17(12)2/h5-10H,1-4H3/q+1/b16-14+. The predicted molar refractivity (Wildman–Crippen MR) is 92.5 cm³/mol. The Bertz CT molecular complexity index is 937. The van der Waals surface area contributed by atoms with E-state index in [-0.39, 0.29) is 5.56 Å². The van der Waals surface area contributed by atoms with Gasteiger partial charge in [-0.25, -0.2) is 4.57 Å². The zero-order chi connectivity index (χ0) is 15.9. The van der Waals surface area contributed by atoms with Crippen molar-refractivity contribution in [2.45, 2.75) is 6.92 Å². The van der Waals surface area contributed by atoms with E-state index in [1.807, 2.05) is 50.1 Å². The maximum Gasteiger partial charge on any atom is 0.271 e. The minimum absolute atomic E-state index is 0.0623. The van der Waals surface area contributed by atoms with Crippen LogP contribution >= 0.6 is 23.1 Å². The summed E-state index contributed by atoms with van der Waals surface area (Å²) in [7, 11) is 5.83. The van der Waals surface area contributed by atoms with Gasteiger partial charge in [-0.2, -0.15) is 0 Å². The van der Waals surface area contributed by atoms with Gasteiger partial charge in [-0.1, -0.05) is 11.8 Å². The van der Waals surface area contributed by atoms with E-state index < -0.39 is 0 Å². The first-order chi connectivity index (χ1) is 10.5. The quantitative estimate of drug-likeness (QED) is 0.720. The Kier molecular flexibility index (Phi) is 3.97. The maximum absolute atomic E-state index is 12.6. The van der Waals surface area contributed by atoms with Crippen molar-refractivity contribution in [2.24, 2.45) is 14.1 Å². The van der Waals surface area contributed by atoms with Gasteiger partial charge in [-0.15, -0.1) is 11.3 Å². The predicted octanol–water partition coefficient (Wildman–Crippen LogP) is 0.706. The van der Waals surface area contributed by atoms with Crippen LogP contribution in [0.1, 0.15) is 12.6 Å². The largest absolute Gasteiger partial charge is 0.341 e. The second kappa shape index (κ2) is 5.78. The zero-order valence-electron chi connectivity index (χ0n) is 13.0. The third-order valence-corrected chi connectivity index (χ3v) is 6.23. The van der Waals surface area contributed by atoms with Gasteiger partial charge < -0.3 is 9.47 Å². The van der Waals surface area contributed by atoms with Crippen molar-refractivity contribution in [1.82, 2.24) is 9.47 Å². The van der Waals surface area contributed by atoms with E-state index in [4.69, 9.17) is 0 Å². The van der Waals surface area contributed by atoms with Crippen LogP contribution in [-0.4, -0.2) is 16.5 Å². The molecule has 0 aromatic carbocycles. The van der Waals surface area contributed by atoms with Gasteiger partial charge in [-0.3, -0.25) is 4.79 Å². The average molecular weight is 332 g/mol. The fourth-order valence-corrected chi connectivity index (χ4v) is 4.47. The SMILES string of the molecule is CC1=CS/C(=c2/s/c(=C\c3cccc[n+]3C)n(C)c2=O)N1C. The lowest BCUT2D eigenvalue weighted by Gasteiger charge is -2.12. The van der Waals surface area contributed by atoms with Gasteiger partial charge in [0.15, 0.2) is 6.20 Å². The summed E-state index contributed by atoms with van der Waals surface area (Å²) in [6.45, 7) is 2.05. The Morgan fingerprint density at radius 1 is 1.27 bits per heavy atom. The minimum atomic E-state index is 0.0623. The maximum atomic E-state index is 12.6. The molecular formula is C16H18N3OS2+. The molecule has 0 radical (unpaired) electrons. The molecular weight excluding hydrogens is 314 g/mol. The van der Waals surface area contributed by atoms with Crippen molar-refractivity contribution in [3.05, 3.63) is 60.7 Å². The lowest BCUT2D eigenvalue weighted by atomic mass is 10.3. The van der Waals surface area contributed by atoms with Crippen LogP contribution in [0, 0.1) is 0 Å². The molecule has 0 amide bonds. The van der Waals surface area contributed by atoms with Crippen LogP contribution in [-0.2, 0) is 14.1 Å². The van der Waals surface area contributed by atoms with Gasteiger partial charge in [0.05, 0.1) is 0 Å². The summed E-state index contributed by atoms with van der Waals surface area (Å²) >= 11 is 3.16. The Labute approximate surface area is 137 Å². The van der Waals surface area contributed by atoms with Crippen molar-refractivity contribution in [2.75, 3.05) is 7.05 Å². The Balaban J connectivity index is 2.23. The molecule has 114 valence electrons. The average Bonchev–Trinajstić information content (AvgIpc) is 2.96. The Hall–Kier alpha value is -1.79. The van der Waals surface area contributed by atoms with Crippen molar-refractivity contribution < 1.29 is 4.57 Å². The molecule has 3 heterocycles. The van der Waals surface area contributed by atoms with E-state index in [0.29, 0.717) is 0 Å². The number of thioether (sulfide) groups is 1. The number of nitrogens with zero attached hydrogens (tertiary/aromatic N) is 3. The fraction of sp³-hybridized carbons (Fsp3) is 0.250. The molecule has 22 heavy (non-hydrogen) atoms. The lowest BCUT2D eigenvalue weighted by Crippen LogP contribution is -2.33. The molecule has 1 aliphatic heterocycles. The second-order valence-electron chi connectivity index (χ2n) is 5.26. The summed E-state index contributed by atoms with van der Waals surface area (Å²) < 4.78 is 5.52. The van der Waals surface area contributed by atoms with Gasteiger partial charge in [-0.05, 0) is 18.4 Å². The highest BCUT2D eigenvalue weighted by atomic mass is 32.2. The fourth-order valence-electron chi connectivity index (χ4n) is 2.21. The number of allylic oxidation sites excluding steroid dienone is 1. The first-order valence-corrected chi connectivity index (χ1v) is 8.62. The molecule has 3 rings (SSSR count). The lowest BCUT2D eigenvalue weighted by molar-refractivity contribution is -0.673. The third-order valence-electron chi connectivity index (χ3n) is 3.77. The second-order valence-corrected chi connectivity index (χ2v) is 7.14. The summed E-state index contributed by atoms with van der Waals surface area (Å²) in [6.07, 6.45) is 4.05. The molecule has 2 aromatic rings. The molecule has 0 fully saturated rings. The van der Waals surface area contributed by atoms with Crippen LogP contribution in [0.15, 0.2) is 40.3 Å². The number of hydrogen-bond donors (Lipinski definition) is 0. The smallest absolute Gasteiger partial charge is 0.271 e. The van der Waals surface area contributed by atoms with Gasteiger partial charge >= 0.3 is 0 Å². The Morgan fingerprint density at radius 3 is 2.68 bits per heavy atom. The first kappa shape index (κ1) is 15.1. The number of pyridine rings is 1. The highest BCUT2D eigenvalue weighted by Gasteiger charge is 2.17. The molecule has 0 aliphatic carbocycles. The van der Waals surface area contributed by atoms with Gasteiger partial charge in [0.1, 0.15) is 21.3 Å². The highest BCUT2D eigenvalue weighted by molar-refractivity contribution is 8.10. The monoisotopic (exact) mass is 332 g/mol. The number of rotatable bonds is 1. The number of thiazole rings is 1. The Morgan fingerprint density at radius 2 is 2.05 bits per heavy atom. The van der Waals surface area contributed by atoms with Crippen LogP contribution in [0.25, 0.3) is 11.1 Å². The van der Waals surface area contributed by atoms with E-state index in [1.165, 1.54) is 0 Å². The van der Waals surface area contributed by atoms with Crippen LogP contribution in [0.5, 0.6) is 0 Å². The molecule has 0 unspecified atom stereocenters. The molecule has 0 spiro atoms. The third kappa shape index (κ3) is 2.53. The first-order valence-electron chi connectivity index (χ1n) is 6.92. The molecule has 0 bridgehead atoms. The number of hydrogen-bond acceptors (Lipinski definition) is 4. The van der Waals surface area contributed by atoms with Crippen LogP contribution in [0.3, 0.4) is 0 Å². The summed E-state index contributed by atoms with van der Waals surface area (Å²) in [4.78, 5) is 14.6. The summed E-state index contributed by atoms with van der Waals surface area (Å²) in [5, 5.41) is 3.09. The molecule has 0 atom stereocenters. The van der Waals surface area contributed by atoms with Gasteiger partial charge in [0.2, 0.25) is 5.69 Å². The van der Waals surface area contributed by atoms with Crippen molar-refractivity contribution in [1.29, 1.82) is 0 Å². The molecule has 0 saturated heterocycles. The van der Waals surface area contributed by atoms with Crippen molar-refractivity contribution >= 4 is 34.2 Å². The van der Waals surface area contributed by atoms with E-state index in [1.54, 1.807) is 27.7 Å². The molecule has 0 N–H and O–H groups in total. The van der Waals surface area contributed by atoms with E-state index in [9.17, 15) is 4.79 Å². The van der Waals surface area contributed by atoms with Crippen LogP contribution < -0.4 is 19.3 Å². The van der Waals surface area contributed by atoms with Crippen molar-refractivity contribution in [3.8, 4) is 0 Å². The van der Waals surface area contributed by atoms with Crippen LogP contribution in [0.4, 0.5) is 0 Å². The molecule has 2 aromatic heterocycles. The van der Waals surface area contributed by atoms with E-state index >= 15 is 0 Å².